The highest BCUT2D eigenvalue weighted by Crippen LogP contribution is 2.43. The maximum atomic E-state index is 9.80. The Morgan fingerprint density at radius 1 is 0.242 bits per heavy atom. The maximum Gasteiger partial charge on any atom is 0.115 e. The third-order valence-electron chi connectivity index (χ3n) is 13.9. The van der Waals surface area contributed by atoms with Crippen molar-refractivity contribution in [2.45, 2.75) is 91.4 Å². The zero-order valence-corrected chi connectivity index (χ0v) is 39.8. The molecular formula is C62H68BO3-. The summed E-state index contributed by atoms with van der Waals surface area (Å²) in [5.74, 6) is 0.721. The second-order valence-electron chi connectivity index (χ2n) is 18.9. The number of rotatable bonds is 10. The summed E-state index contributed by atoms with van der Waals surface area (Å²) in [6, 6.07) is 66.7. The van der Waals surface area contributed by atoms with E-state index in [0.29, 0.717) is 0 Å². The van der Waals surface area contributed by atoms with Crippen LogP contribution in [0.1, 0.15) is 121 Å². The van der Waals surface area contributed by atoms with Crippen LogP contribution in [-0.4, -0.2) is 23.7 Å². The molecule has 4 heteroatoms. The van der Waals surface area contributed by atoms with Gasteiger partial charge in [0.2, 0.25) is 0 Å². The van der Waals surface area contributed by atoms with Gasteiger partial charge in [-0.05, 0) is 127 Å². The van der Waals surface area contributed by atoms with Crippen LogP contribution >= 0.6 is 0 Å². The molecule has 8 rings (SSSR count). The van der Waals surface area contributed by atoms with E-state index in [1.807, 2.05) is 36.4 Å². The van der Waals surface area contributed by atoms with Crippen molar-refractivity contribution < 1.29 is 15.3 Å². The van der Waals surface area contributed by atoms with Crippen molar-refractivity contribution >= 4 is 8.41 Å². The second kappa shape index (κ2) is 20.2. The average molecular weight is 872 g/mol. The van der Waals surface area contributed by atoms with Crippen molar-refractivity contribution in [1.82, 2.24) is 0 Å². The summed E-state index contributed by atoms with van der Waals surface area (Å²) in [4.78, 5) is 0. The Balaban J connectivity index is 0.000000240. The first-order valence-electron chi connectivity index (χ1n) is 22.2. The van der Waals surface area contributed by atoms with E-state index in [4.69, 9.17) is 0 Å². The van der Waals surface area contributed by atoms with Crippen LogP contribution in [0.5, 0.6) is 17.2 Å². The van der Waals surface area contributed by atoms with Gasteiger partial charge in [-0.2, -0.15) is 0 Å². The zero-order chi connectivity index (χ0) is 45.9. The number of phenolic OH excluding ortho intramolecular Hbond substituents is 3. The first-order chi connectivity index (χ1) is 30.4. The van der Waals surface area contributed by atoms with Gasteiger partial charge < -0.3 is 23.7 Å². The van der Waals surface area contributed by atoms with Crippen LogP contribution < -0.4 is 0 Å². The molecule has 0 atom stereocenters. The minimum atomic E-state index is -0.470. The summed E-state index contributed by atoms with van der Waals surface area (Å²) >= 11 is 0. The standard InChI is InChI=1S/C32H34.C29H28O3.CH4.BH2/c1-23-7-13-26(14-8-23)31(4,5)27-19-21-30(22-20-27)32(6,28-15-9-24(2)10-16-28)29-17-11-25(3)12-18-29;1-28(2,21-8-14-25(30)15-9-21)20-4-6-22(7-5-20)29(3,23-10-16-26(31)17-11-23)24-12-18-27(32)19-13-24;;/h7-22H,1-6H3;4-19,30-32H,1-3H3;1H4;1H2/q;;;-1. The molecule has 0 aromatic heterocycles. The molecule has 2 radical (unpaired) electrons. The normalized spacial score (nSPS) is 11.7. The maximum absolute atomic E-state index is 9.80. The molecule has 3 N–H and O–H groups in total. The van der Waals surface area contributed by atoms with Crippen LogP contribution in [0.15, 0.2) is 194 Å². The first kappa shape index (κ1) is 50.2. The number of phenols is 3. The van der Waals surface area contributed by atoms with Crippen molar-refractivity contribution in [3.05, 3.63) is 266 Å². The quantitative estimate of drug-likeness (QED) is 0.0948. The van der Waals surface area contributed by atoms with Crippen LogP contribution in [0.3, 0.4) is 0 Å². The highest BCUT2D eigenvalue weighted by Gasteiger charge is 2.34. The Hall–Kier alpha value is -6.78. The summed E-state index contributed by atoms with van der Waals surface area (Å²) in [5.41, 5.74) is 15.1. The lowest BCUT2D eigenvalue weighted by Crippen LogP contribution is -2.26. The van der Waals surface area contributed by atoms with E-state index in [2.05, 4.69) is 184 Å². The minimum absolute atomic E-state index is 0. The van der Waals surface area contributed by atoms with Crippen molar-refractivity contribution in [3.63, 3.8) is 0 Å². The molecule has 0 heterocycles. The number of benzene rings is 8. The summed E-state index contributed by atoms with van der Waals surface area (Å²) in [6.07, 6.45) is 0. The van der Waals surface area contributed by atoms with E-state index in [1.165, 1.54) is 50.1 Å². The third kappa shape index (κ3) is 10.2. The highest BCUT2D eigenvalue weighted by molar-refractivity contribution is 5.75. The molecule has 0 saturated carbocycles. The van der Waals surface area contributed by atoms with Gasteiger partial charge in [-0.25, -0.2) is 0 Å². The second-order valence-corrected chi connectivity index (χ2v) is 18.9. The molecule has 0 fully saturated rings. The molecule has 8 aromatic carbocycles. The van der Waals surface area contributed by atoms with E-state index in [0.717, 1.165) is 22.3 Å². The molecule has 3 nitrogen and oxygen atoms in total. The lowest BCUT2D eigenvalue weighted by Gasteiger charge is -2.33. The number of hydrogen-bond acceptors (Lipinski definition) is 3. The van der Waals surface area contributed by atoms with Gasteiger partial charge in [0.15, 0.2) is 0 Å². The Kier molecular flexibility index (Phi) is 15.4. The predicted octanol–water partition coefficient (Wildman–Crippen LogP) is 14.5. The molecule has 66 heavy (non-hydrogen) atoms. The van der Waals surface area contributed by atoms with Gasteiger partial charge >= 0.3 is 0 Å². The van der Waals surface area contributed by atoms with Crippen LogP contribution in [-0.2, 0) is 21.7 Å². The summed E-state index contributed by atoms with van der Waals surface area (Å²) in [6.45, 7) is 19.9. The van der Waals surface area contributed by atoms with Crippen molar-refractivity contribution in [2.75, 3.05) is 0 Å². The summed E-state index contributed by atoms with van der Waals surface area (Å²) < 4.78 is 0. The summed E-state index contributed by atoms with van der Waals surface area (Å²) in [7, 11) is 0. The van der Waals surface area contributed by atoms with E-state index >= 15 is 0 Å². The Labute approximate surface area is 397 Å². The van der Waals surface area contributed by atoms with Crippen LogP contribution in [0, 0.1) is 20.8 Å². The molecular weight excluding hydrogens is 803 g/mol. The molecule has 0 aliphatic carbocycles. The molecule has 0 spiro atoms. The van der Waals surface area contributed by atoms with Crippen LogP contribution in [0.25, 0.3) is 0 Å². The van der Waals surface area contributed by atoms with Gasteiger partial charge in [-0.3, -0.25) is 0 Å². The monoisotopic (exact) mass is 872 g/mol. The predicted molar refractivity (Wildman–Crippen MR) is 281 cm³/mol. The van der Waals surface area contributed by atoms with E-state index < -0.39 is 5.41 Å². The van der Waals surface area contributed by atoms with Crippen molar-refractivity contribution in [2.24, 2.45) is 0 Å². The zero-order valence-electron chi connectivity index (χ0n) is 39.8. The van der Waals surface area contributed by atoms with Crippen LogP contribution in [0.2, 0.25) is 0 Å². The van der Waals surface area contributed by atoms with E-state index in [-0.39, 0.29) is 49.3 Å². The lowest BCUT2D eigenvalue weighted by atomic mass is 9.70. The lowest BCUT2D eigenvalue weighted by molar-refractivity contribution is 0.473. The summed E-state index contributed by atoms with van der Waals surface area (Å²) in [5, 5.41) is 29.2. The first-order valence-corrected chi connectivity index (χ1v) is 22.2. The highest BCUT2D eigenvalue weighted by atomic mass is 16.3. The fourth-order valence-corrected chi connectivity index (χ4v) is 8.99. The molecule has 0 aliphatic heterocycles. The molecule has 338 valence electrons. The molecule has 0 amide bonds. The van der Waals surface area contributed by atoms with E-state index in [9.17, 15) is 15.3 Å². The van der Waals surface area contributed by atoms with Crippen molar-refractivity contribution in [3.8, 4) is 17.2 Å². The van der Waals surface area contributed by atoms with Gasteiger partial charge in [0.1, 0.15) is 17.2 Å². The number of aromatic hydroxyl groups is 3. The smallest absolute Gasteiger partial charge is 0.115 e. The third-order valence-corrected chi connectivity index (χ3v) is 13.9. The minimum Gasteiger partial charge on any atom is -0.508 e. The SMILES string of the molecule is C.CC(C)(c1ccc(O)cc1)c1ccc(C(C)(c2ccc(O)cc2)c2ccc(O)cc2)cc1.Cc1ccc(C(C)(C)c2ccc(C(C)(c3ccc(C)cc3)c3ccc(C)cc3)cc2)cc1.[BH2-]. The Bertz CT molecular complexity index is 2480. The van der Waals surface area contributed by atoms with Gasteiger partial charge in [0.25, 0.3) is 0 Å². The number of hydrogen-bond donors (Lipinski definition) is 3. The van der Waals surface area contributed by atoms with Gasteiger partial charge in [-0.15, -0.1) is 0 Å². The topological polar surface area (TPSA) is 60.7 Å². The molecule has 0 unspecified atom stereocenters. The average Bonchev–Trinajstić information content (AvgIpc) is 3.30. The molecule has 8 aromatic rings. The van der Waals surface area contributed by atoms with Crippen molar-refractivity contribution in [1.29, 1.82) is 0 Å². The fraction of sp³-hybridized carbons (Fsp3) is 0.226. The van der Waals surface area contributed by atoms with E-state index in [1.54, 1.807) is 36.4 Å². The molecule has 0 saturated heterocycles. The van der Waals surface area contributed by atoms with Gasteiger partial charge in [-0.1, -0.05) is 210 Å². The molecule has 0 aliphatic rings. The number of aryl methyl sites for hydroxylation is 3. The Morgan fingerprint density at radius 3 is 0.591 bits per heavy atom. The Morgan fingerprint density at radius 2 is 0.379 bits per heavy atom. The fourth-order valence-electron chi connectivity index (χ4n) is 8.99. The van der Waals surface area contributed by atoms with Gasteiger partial charge in [0, 0.05) is 21.7 Å². The molecule has 0 bridgehead atoms. The largest absolute Gasteiger partial charge is 0.508 e. The van der Waals surface area contributed by atoms with Gasteiger partial charge in [0.05, 0.1) is 0 Å². The van der Waals surface area contributed by atoms with Crippen LogP contribution in [0.4, 0.5) is 0 Å².